The fraction of sp³-hybridized carbons (Fsp3) is 0.286. The lowest BCUT2D eigenvalue weighted by molar-refractivity contribution is -0.274. The minimum Gasteiger partial charge on any atom is -0.478 e. The fourth-order valence-corrected chi connectivity index (χ4v) is 5.12. The minimum atomic E-state index is -4.98. The molecule has 0 bridgehead atoms. The van der Waals surface area contributed by atoms with Gasteiger partial charge in [-0.25, -0.2) is 22.8 Å². The van der Waals surface area contributed by atoms with Crippen LogP contribution in [0.2, 0.25) is 0 Å². The lowest BCUT2D eigenvalue weighted by atomic mass is 9.90. The largest absolute Gasteiger partial charge is 0.573 e. The van der Waals surface area contributed by atoms with Crippen molar-refractivity contribution in [3.8, 4) is 16.9 Å². The average molecular weight is 580 g/mol. The molecular formula is C28H22F6N2O5. The summed E-state index contributed by atoms with van der Waals surface area (Å²) in [6.45, 7) is 0.936. The van der Waals surface area contributed by atoms with Crippen molar-refractivity contribution in [2.75, 3.05) is 24.5 Å². The number of hydrogen-bond acceptors (Lipinski definition) is 5. The zero-order valence-corrected chi connectivity index (χ0v) is 21.2. The lowest BCUT2D eigenvalue weighted by Crippen LogP contribution is -2.46. The maximum atomic E-state index is 14.6. The molecule has 41 heavy (non-hydrogen) atoms. The number of likely N-dealkylation sites (tertiary alicyclic amines) is 1. The van der Waals surface area contributed by atoms with Crippen LogP contribution in [0, 0.1) is 17.5 Å². The highest BCUT2D eigenvalue weighted by Crippen LogP contribution is 2.38. The number of ether oxygens (including phenoxy) is 2. The quantitative estimate of drug-likeness (QED) is 0.270. The van der Waals surface area contributed by atoms with E-state index in [1.807, 2.05) is 4.90 Å². The molecule has 0 aliphatic carbocycles. The summed E-state index contributed by atoms with van der Waals surface area (Å²) in [6, 6.07) is 10.7. The van der Waals surface area contributed by atoms with Gasteiger partial charge in [0.2, 0.25) is 0 Å². The first-order valence-corrected chi connectivity index (χ1v) is 12.4. The van der Waals surface area contributed by atoms with Gasteiger partial charge >= 0.3 is 18.4 Å². The number of piperidine rings is 1. The number of hydrogen-bond donors (Lipinski definition) is 1. The average Bonchev–Trinajstić information content (AvgIpc) is 3.24. The summed E-state index contributed by atoms with van der Waals surface area (Å²) in [7, 11) is 0. The standard InChI is InChI=1S/C28H22F6N2O5/c29-22-8-7-21(23(30)24(22)31)20-6-5-19(40-28(32,33)34)13-17(20)14-35-11-9-27(10-12-35)15-36(26(39)41-27)18-3-1-16(2-4-18)25(37)38/h1-8,13H,9-12,14-15H2,(H,37,38). The number of alkyl halides is 3. The molecule has 1 amide bonds. The molecule has 1 N–H and O–H groups in total. The van der Waals surface area contributed by atoms with Crippen LogP contribution >= 0.6 is 0 Å². The summed E-state index contributed by atoms with van der Waals surface area (Å²) >= 11 is 0. The molecule has 2 heterocycles. The molecule has 2 saturated heterocycles. The summed E-state index contributed by atoms with van der Waals surface area (Å²) < 4.78 is 90.5. The van der Waals surface area contributed by atoms with Gasteiger partial charge in [-0.15, -0.1) is 13.2 Å². The van der Waals surface area contributed by atoms with Crippen LogP contribution < -0.4 is 9.64 Å². The number of benzene rings is 3. The van der Waals surface area contributed by atoms with E-state index in [0.29, 0.717) is 31.6 Å². The van der Waals surface area contributed by atoms with E-state index in [2.05, 4.69) is 4.74 Å². The van der Waals surface area contributed by atoms with Crippen molar-refractivity contribution in [3.05, 3.63) is 83.2 Å². The number of rotatable bonds is 6. The molecule has 0 aromatic heterocycles. The van der Waals surface area contributed by atoms with E-state index in [9.17, 15) is 35.9 Å². The van der Waals surface area contributed by atoms with Crippen LogP contribution in [-0.4, -0.2) is 53.7 Å². The smallest absolute Gasteiger partial charge is 0.478 e. The fourth-order valence-electron chi connectivity index (χ4n) is 5.12. The monoisotopic (exact) mass is 580 g/mol. The molecule has 7 nitrogen and oxygen atoms in total. The Hall–Kier alpha value is -4.26. The predicted octanol–water partition coefficient (Wildman–Crippen LogP) is 6.36. The van der Waals surface area contributed by atoms with E-state index < -0.39 is 47.2 Å². The first-order chi connectivity index (χ1) is 19.3. The molecule has 0 radical (unpaired) electrons. The third-order valence-corrected chi connectivity index (χ3v) is 7.19. The van der Waals surface area contributed by atoms with Gasteiger partial charge in [-0.1, -0.05) is 6.07 Å². The highest BCUT2D eigenvalue weighted by Gasteiger charge is 2.47. The number of halogens is 6. The van der Waals surface area contributed by atoms with Crippen molar-refractivity contribution in [1.29, 1.82) is 0 Å². The number of carbonyl (C=O) groups excluding carboxylic acids is 1. The summed E-state index contributed by atoms with van der Waals surface area (Å²) in [6.07, 6.45) is -4.82. The summed E-state index contributed by atoms with van der Waals surface area (Å²) in [5, 5.41) is 9.09. The van der Waals surface area contributed by atoms with Gasteiger partial charge < -0.3 is 14.6 Å². The van der Waals surface area contributed by atoms with Crippen LogP contribution in [0.1, 0.15) is 28.8 Å². The Morgan fingerprint density at radius 1 is 0.951 bits per heavy atom. The highest BCUT2D eigenvalue weighted by molar-refractivity contribution is 5.92. The van der Waals surface area contributed by atoms with E-state index in [1.165, 1.54) is 29.2 Å². The van der Waals surface area contributed by atoms with Gasteiger partial charge in [0.25, 0.3) is 0 Å². The number of nitrogens with zero attached hydrogens (tertiary/aromatic N) is 2. The molecule has 1 spiro atoms. The number of anilines is 1. The number of aromatic carboxylic acids is 1. The van der Waals surface area contributed by atoms with Gasteiger partial charge in [0.05, 0.1) is 12.1 Å². The van der Waals surface area contributed by atoms with Crippen LogP contribution in [0.3, 0.4) is 0 Å². The van der Waals surface area contributed by atoms with Crippen LogP contribution in [0.15, 0.2) is 54.6 Å². The van der Waals surface area contributed by atoms with Crippen LogP contribution in [0.5, 0.6) is 5.75 Å². The van der Waals surface area contributed by atoms with E-state index in [-0.39, 0.29) is 35.3 Å². The second kappa shape index (κ2) is 10.6. The van der Waals surface area contributed by atoms with Crippen molar-refractivity contribution in [3.63, 3.8) is 0 Å². The molecule has 2 aliphatic rings. The van der Waals surface area contributed by atoms with Gasteiger partial charge in [-0.3, -0.25) is 9.80 Å². The summed E-state index contributed by atoms with van der Waals surface area (Å²) in [5.41, 5.74) is -0.360. The van der Waals surface area contributed by atoms with Gasteiger partial charge in [-0.2, -0.15) is 0 Å². The van der Waals surface area contributed by atoms with Crippen molar-refractivity contribution in [1.82, 2.24) is 4.90 Å². The maximum Gasteiger partial charge on any atom is 0.573 e. The lowest BCUT2D eigenvalue weighted by Gasteiger charge is -2.37. The molecule has 216 valence electrons. The topological polar surface area (TPSA) is 79.3 Å². The molecule has 3 aromatic carbocycles. The van der Waals surface area contributed by atoms with Crippen LogP contribution in [-0.2, 0) is 11.3 Å². The predicted molar refractivity (Wildman–Crippen MR) is 133 cm³/mol. The van der Waals surface area contributed by atoms with E-state index >= 15 is 0 Å². The van der Waals surface area contributed by atoms with Crippen molar-refractivity contribution < 1.29 is 50.5 Å². The first kappa shape index (κ1) is 28.3. The van der Waals surface area contributed by atoms with Gasteiger partial charge in [0, 0.05) is 43.7 Å². The molecule has 0 atom stereocenters. The molecule has 2 aliphatic heterocycles. The Morgan fingerprint density at radius 3 is 2.24 bits per heavy atom. The Morgan fingerprint density at radius 2 is 1.61 bits per heavy atom. The van der Waals surface area contributed by atoms with Crippen molar-refractivity contribution in [2.24, 2.45) is 0 Å². The van der Waals surface area contributed by atoms with Gasteiger partial charge in [0.15, 0.2) is 17.5 Å². The third-order valence-electron chi connectivity index (χ3n) is 7.19. The van der Waals surface area contributed by atoms with E-state index in [1.54, 1.807) is 0 Å². The summed E-state index contributed by atoms with van der Waals surface area (Å²) in [5.74, 6) is -6.22. The Kier molecular flexibility index (Phi) is 7.32. The maximum absolute atomic E-state index is 14.6. The highest BCUT2D eigenvalue weighted by atomic mass is 19.4. The number of carboxylic acid groups (broad SMARTS) is 1. The molecular weight excluding hydrogens is 558 g/mol. The van der Waals surface area contributed by atoms with Gasteiger partial charge in [0.1, 0.15) is 11.4 Å². The number of carbonyl (C=O) groups is 2. The van der Waals surface area contributed by atoms with Gasteiger partial charge in [-0.05, 0) is 59.7 Å². The molecule has 2 fully saturated rings. The third kappa shape index (κ3) is 5.94. The first-order valence-electron chi connectivity index (χ1n) is 12.4. The van der Waals surface area contributed by atoms with E-state index in [4.69, 9.17) is 9.84 Å². The zero-order chi connectivity index (χ0) is 29.5. The van der Waals surface area contributed by atoms with Crippen molar-refractivity contribution in [2.45, 2.75) is 31.3 Å². The number of amides is 1. The molecule has 0 unspecified atom stereocenters. The van der Waals surface area contributed by atoms with Crippen molar-refractivity contribution >= 4 is 17.7 Å². The normalized spacial score (nSPS) is 17.1. The SMILES string of the molecule is O=C(O)c1ccc(N2CC3(CCN(Cc4cc(OC(F)(F)F)ccc4-c4ccc(F)c(F)c4F)CC3)OC2=O)cc1. The Bertz CT molecular complexity index is 1490. The Labute approximate surface area is 229 Å². The molecule has 5 rings (SSSR count). The van der Waals surface area contributed by atoms with Crippen LogP contribution in [0.4, 0.5) is 36.8 Å². The molecule has 13 heteroatoms. The van der Waals surface area contributed by atoms with E-state index in [0.717, 1.165) is 30.3 Å². The minimum absolute atomic E-state index is 0.0210. The Balaban J connectivity index is 1.34. The summed E-state index contributed by atoms with van der Waals surface area (Å²) in [4.78, 5) is 27.0. The molecule has 0 saturated carbocycles. The second-order valence-corrected chi connectivity index (χ2v) is 9.85. The zero-order valence-electron chi connectivity index (χ0n) is 21.2. The molecule has 3 aromatic rings. The number of carboxylic acids is 1. The van der Waals surface area contributed by atoms with Crippen LogP contribution in [0.25, 0.3) is 11.1 Å². The second-order valence-electron chi connectivity index (χ2n) is 9.85.